The molecule has 3 nitrogen and oxygen atoms in total. The molecule has 1 amide bonds. The van der Waals surface area contributed by atoms with E-state index < -0.39 is 29.1 Å². The molecule has 0 saturated heterocycles. The van der Waals surface area contributed by atoms with E-state index in [1.807, 2.05) is 0 Å². The van der Waals surface area contributed by atoms with Crippen LogP contribution in [-0.4, -0.2) is 10.9 Å². The van der Waals surface area contributed by atoms with Crippen molar-refractivity contribution in [3.05, 3.63) is 59.2 Å². The quantitative estimate of drug-likeness (QED) is 0.849. The maximum absolute atomic E-state index is 13.4. The van der Waals surface area contributed by atoms with Crippen LogP contribution in [0.25, 0.3) is 0 Å². The molecule has 1 heterocycles. The number of pyridine rings is 1. The molecule has 6 heteroatoms. The number of aromatic nitrogens is 1. The van der Waals surface area contributed by atoms with Gasteiger partial charge in [0.05, 0.1) is 5.56 Å². The third-order valence-electron chi connectivity index (χ3n) is 2.54. The molecule has 0 aliphatic rings. The van der Waals surface area contributed by atoms with E-state index in [9.17, 15) is 18.0 Å². The highest BCUT2D eigenvalue weighted by atomic mass is 19.2. The molecule has 2 aromatic rings. The summed E-state index contributed by atoms with van der Waals surface area (Å²) in [7, 11) is 0. The summed E-state index contributed by atoms with van der Waals surface area (Å²) in [6.45, 7) is 1.65. The summed E-state index contributed by atoms with van der Waals surface area (Å²) < 4.78 is 39.3. The lowest BCUT2D eigenvalue weighted by atomic mass is 10.1. The summed E-state index contributed by atoms with van der Waals surface area (Å²) in [5, 5.41) is 2.32. The van der Waals surface area contributed by atoms with Crippen molar-refractivity contribution in [2.45, 2.75) is 6.92 Å². The van der Waals surface area contributed by atoms with Crippen molar-refractivity contribution in [3.63, 3.8) is 0 Å². The minimum Gasteiger partial charge on any atom is -0.322 e. The molecule has 0 unspecified atom stereocenters. The second kappa shape index (κ2) is 5.09. The molecule has 0 saturated carbocycles. The third kappa shape index (κ3) is 2.73. The SMILES string of the molecule is Cc1ccc(F)cc1NC(=O)c1ccnc(F)c1F. The van der Waals surface area contributed by atoms with Crippen molar-refractivity contribution >= 4 is 11.6 Å². The van der Waals surface area contributed by atoms with E-state index in [-0.39, 0.29) is 5.69 Å². The van der Waals surface area contributed by atoms with Gasteiger partial charge >= 0.3 is 0 Å². The average Bonchev–Trinajstić information content (AvgIpc) is 2.37. The summed E-state index contributed by atoms with van der Waals surface area (Å²) in [6, 6.07) is 4.84. The largest absolute Gasteiger partial charge is 0.322 e. The van der Waals surface area contributed by atoms with Crippen LogP contribution in [0.1, 0.15) is 15.9 Å². The van der Waals surface area contributed by atoms with E-state index >= 15 is 0 Å². The molecule has 98 valence electrons. The monoisotopic (exact) mass is 266 g/mol. The van der Waals surface area contributed by atoms with Crippen molar-refractivity contribution in [1.82, 2.24) is 4.98 Å². The molecule has 1 aromatic carbocycles. The maximum Gasteiger partial charge on any atom is 0.258 e. The first-order valence-electron chi connectivity index (χ1n) is 5.36. The Morgan fingerprint density at radius 2 is 1.95 bits per heavy atom. The highest BCUT2D eigenvalue weighted by molar-refractivity contribution is 6.04. The molecule has 1 aromatic heterocycles. The Kier molecular flexibility index (Phi) is 3.50. The molecular weight excluding hydrogens is 257 g/mol. The van der Waals surface area contributed by atoms with E-state index in [0.717, 1.165) is 18.3 Å². The lowest BCUT2D eigenvalue weighted by Gasteiger charge is -2.09. The van der Waals surface area contributed by atoms with Crippen LogP contribution in [0.3, 0.4) is 0 Å². The van der Waals surface area contributed by atoms with Crippen molar-refractivity contribution in [1.29, 1.82) is 0 Å². The number of benzene rings is 1. The molecule has 0 spiro atoms. The third-order valence-corrected chi connectivity index (χ3v) is 2.54. The van der Waals surface area contributed by atoms with Gasteiger partial charge in [0, 0.05) is 11.9 Å². The van der Waals surface area contributed by atoms with E-state index in [0.29, 0.717) is 5.56 Å². The molecule has 0 radical (unpaired) electrons. The van der Waals surface area contributed by atoms with Gasteiger partial charge in [0.2, 0.25) is 5.95 Å². The molecule has 2 rings (SSSR count). The Bertz CT molecular complexity index is 644. The number of nitrogens with zero attached hydrogens (tertiary/aromatic N) is 1. The first kappa shape index (κ1) is 13.1. The Morgan fingerprint density at radius 1 is 1.21 bits per heavy atom. The van der Waals surface area contributed by atoms with Crippen LogP contribution < -0.4 is 5.32 Å². The van der Waals surface area contributed by atoms with Gasteiger partial charge in [0.1, 0.15) is 5.82 Å². The number of hydrogen-bond donors (Lipinski definition) is 1. The second-order valence-corrected chi connectivity index (χ2v) is 3.88. The smallest absolute Gasteiger partial charge is 0.258 e. The van der Waals surface area contributed by atoms with Crippen LogP contribution in [0.5, 0.6) is 0 Å². The molecule has 0 aliphatic carbocycles. The minimum absolute atomic E-state index is 0.196. The van der Waals surface area contributed by atoms with E-state index in [1.165, 1.54) is 12.1 Å². The van der Waals surface area contributed by atoms with Crippen LogP contribution in [0.2, 0.25) is 0 Å². The van der Waals surface area contributed by atoms with Crippen molar-refractivity contribution in [2.75, 3.05) is 5.32 Å². The van der Waals surface area contributed by atoms with E-state index in [2.05, 4.69) is 10.3 Å². The molecule has 0 aliphatic heterocycles. The predicted octanol–water partition coefficient (Wildman–Crippen LogP) is 3.06. The highest BCUT2D eigenvalue weighted by Gasteiger charge is 2.16. The van der Waals surface area contributed by atoms with Crippen LogP contribution >= 0.6 is 0 Å². The van der Waals surface area contributed by atoms with Crippen molar-refractivity contribution in [2.24, 2.45) is 0 Å². The van der Waals surface area contributed by atoms with Gasteiger partial charge in [-0.3, -0.25) is 4.79 Å². The van der Waals surface area contributed by atoms with E-state index in [4.69, 9.17) is 0 Å². The lowest BCUT2D eigenvalue weighted by molar-refractivity contribution is 0.102. The zero-order valence-corrected chi connectivity index (χ0v) is 9.88. The van der Waals surface area contributed by atoms with Crippen molar-refractivity contribution < 1.29 is 18.0 Å². The number of carbonyl (C=O) groups excluding carboxylic acids is 1. The van der Waals surface area contributed by atoms with Gasteiger partial charge in [-0.2, -0.15) is 4.39 Å². The number of anilines is 1. The Morgan fingerprint density at radius 3 is 2.68 bits per heavy atom. The number of rotatable bonds is 2. The Balaban J connectivity index is 2.31. The zero-order chi connectivity index (χ0) is 14.0. The normalized spacial score (nSPS) is 10.3. The van der Waals surface area contributed by atoms with Gasteiger partial charge in [-0.25, -0.2) is 13.8 Å². The molecule has 0 bridgehead atoms. The fourth-order valence-corrected chi connectivity index (χ4v) is 1.51. The van der Waals surface area contributed by atoms with Gasteiger partial charge in [-0.1, -0.05) is 6.07 Å². The standard InChI is InChI=1S/C13H9F3N2O/c1-7-2-3-8(14)6-10(7)18-13(19)9-4-5-17-12(16)11(9)15/h2-6H,1H3,(H,18,19). The number of hydrogen-bond acceptors (Lipinski definition) is 2. The minimum atomic E-state index is -1.36. The predicted molar refractivity (Wildman–Crippen MR) is 63.2 cm³/mol. The van der Waals surface area contributed by atoms with Gasteiger partial charge < -0.3 is 5.32 Å². The Labute approximate surface area is 107 Å². The van der Waals surface area contributed by atoms with Gasteiger partial charge in [0.25, 0.3) is 5.91 Å². The summed E-state index contributed by atoms with van der Waals surface area (Å²) in [5.41, 5.74) is 0.308. The summed E-state index contributed by atoms with van der Waals surface area (Å²) in [4.78, 5) is 14.9. The average molecular weight is 266 g/mol. The van der Waals surface area contributed by atoms with Crippen LogP contribution in [0, 0.1) is 24.5 Å². The van der Waals surface area contributed by atoms with Crippen molar-refractivity contribution in [3.8, 4) is 0 Å². The van der Waals surface area contributed by atoms with Gasteiger partial charge in [-0.15, -0.1) is 0 Å². The number of nitrogens with one attached hydrogen (secondary N) is 1. The van der Waals surface area contributed by atoms with Gasteiger partial charge in [0.15, 0.2) is 5.82 Å². The fourth-order valence-electron chi connectivity index (χ4n) is 1.51. The fraction of sp³-hybridized carbons (Fsp3) is 0.0769. The first-order chi connectivity index (χ1) is 8.99. The number of aryl methyl sites for hydroxylation is 1. The molecule has 0 fully saturated rings. The summed E-state index contributed by atoms with van der Waals surface area (Å²) >= 11 is 0. The van der Waals surface area contributed by atoms with E-state index in [1.54, 1.807) is 6.92 Å². The maximum atomic E-state index is 13.4. The summed E-state index contributed by atoms with van der Waals surface area (Å²) in [6.07, 6.45) is 0.978. The topological polar surface area (TPSA) is 42.0 Å². The zero-order valence-electron chi connectivity index (χ0n) is 9.88. The van der Waals surface area contributed by atoms with Crippen LogP contribution in [-0.2, 0) is 0 Å². The number of halogens is 3. The molecule has 1 N–H and O–H groups in total. The molecule has 19 heavy (non-hydrogen) atoms. The van der Waals surface area contributed by atoms with Gasteiger partial charge in [-0.05, 0) is 30.7 Å². The Hall–Kier alpha value is -2.37. The lowest BCUT2D eigenvalue weighted by Crippen LogP contribution is -2.15. The van der Waals surface area contributed by atoms with Crippen LogP contribution in [0.4, 0.5) is 18.9 Å². The molecule has 0 atom stereocenters. The van der Waals surface area contributed by atoms with Crippen LogP contribution in [0.15, 0.2) is 30.5 Å². The number of amides is 1. The second-order valence-electron chi connectivity index (χ2n) is 3.88. The first-order valence-corrected chi connectivity index (χ1v) is 5.36. The molecular formula is C13H9F3N2O. The highest BCUT2D eigenvalue weighted by Crippen LogP contribution is 2.18. The number of carbonyl (C=O) groups is 1. The summed E-state index contributed by atoms with van der Waals surface area (Å²) in [5.74, 6) is -4.10.